The number of nitrogens with one attached hydrogen (secondary N) is 1. The Hall–Kier alpha value is -1.14. The SMILES string of the molecule is CC(=O)NCCOCCOCCC(N)=O. The maximum Gasteiger partial charge on any atom is 0.219 e. The molecule has 0 spiro atoms. The van der Waals surface area contributed by atoms with E-state index in [1.54, 1.807) is 0 Å². The fraction of sp³-hybridized carbons (Fsp3) is 0.778. The Morgan fingerprint density at radius 3 is 2.27 bits per heavy atom. The highest BCUT2D eigenvalue weighted by atomic mass is 16.5. The summed E-state index contributed by atoms with van der Waals surface area (Å²) < 4.78 is 10.2. The largest absolute Gasteiger partial charge is 0.379 e. The second kappa shape index (κ2) is 9.42. The average molecular weight is 218 g/mol. The molecule has 0 aliphatic rings. The van der Waals surface area contributed by atoms with Gasteiger partial charge in [-0.15, -0.1) is 0 Å². The van der Waals surface area contributed by atoms with Crippen LogP contribution in [0.25, 0.3) is 0 Å². The third-order valence-electron chi connectivity index (χ3n) is 1.49. The van der Waals surface area contributed by atoms with Crippen LogP contribution < -0.4 is 11.1 Å². The Morgan fingerprint density at radius 1 is 1.13 bits per heavy atom. The zero-order chi connectivity index (χ0) is 11.5. The zero-order valence-corrected chi connectivity index (χ0v) is 8.95. The number of amides is 2. The van der Waals surface area contributed by atoms with Gasteiger partial charge in [0.25, 0.3) is 0 Å². The van der Waals surface area contributed by atoms with Gasteiger partial charge in [-0.25, -0.2) is 0 Å². The predicted octanol–water partition coefficient (Wildman–Crippen LogP) is -0.969. The van der Waals surface area contributed by atoms with E-state index in [1.807, 2.05) is 0 Å². The quantitative estimate of drug-likeness (QED) is 0.487. The molecule has 0 aromatic carbocycles. The van der Waals surface area contributed by atoms with Crippen LogP contribution in [0.2, 0.25) is 0 Å². The fourth-order valence-corrected chi connectivity index (χ4v) is 0.794. The molecule has 6 heteroatoms. The van der Waals surface area contributed by atoms with Crippen molar-refractivity contribution in [2.75, 3.05) is 33.0 Å². The number of rotatable bonds is 9. The van der Waals surface area contributed by atoms with Crippen LogP contribution in [-0.2, 0) is 19.1 Å². The number of hydrogen-bond donors (Lipinski definition) is 2. The topological polar surface area (TPSA) is 90.7 Å². The molecule has 0 aromatic heterocycles. The second-order valence-electron chi connectivity index (χ2n) is 2.92. The van der Waals surface area contributed by atoms with Gasteiger partial charge < -0.3 is 20.5 Å². The van der Waals surface area contributed by atoms with Crippen molar-refractivity contribution in [3.05, 3.63) is 0 Å². The first-order chi connectivity index (χ1) is 7.13. The normalized spacial score (nSPS) is 9.93. The predicted molar refractivity (Wildman–Crippen MR) is 54.1 cm³/mol. The minimum Gasteiger partial charge on any atom is -0.379 e. The Morgan fingerprint density at radius 2 is 1.73 bits per heavy atom. The summed E-state index contributed by atoms with van der Waals surface area (Å²) in [5.74, 6) is -0.446. The van der Waals surface area contributed by atoms with Gasteiger partial charge in [0.15, 0.2) is 0 Å². The lowest BCUT2D eigenvalue weighted by Crippen LogP contribution is -2.25. The summed E-state index contributed by atoms with van der Waals surface area (Å²) in [6.07, 6.45) is 0.228. The minimum atomic E-state index is -0.374. The Kier molecular flexibility index (Phi) is 8.70. The van der Waals surface area contributed by atoms with Gasteiger partial charge in [-0.3, -0.25) is 9.59 Å². The average Bonchev–Trinajstić information content (AvgIpc) is 2.14. The van der Waals surface area contributed by atoms with Crippen LogP contribution in [0.1, 0.15) is 13.3 Å². The van der Waals surface area contributed by atoms with Gasteiger partial charge in [0.1, 0.15) is 0 Å². The van der Waals surface area contributed by atoms with E-state index < -0.39 is 0 Å². The van der Waals surface area contributed by atoms with Gasteiger partial charge in [-0.2, -0.15) is 0 Å². The summed E-state index contributed by atoms with van der Waals surface area (Å²) in [4.78, 5) is 20.8. The summed E-state index contributed by atoms with van der Waals surface area (Å²) in [5.41, 5.74) is 4.91. The van der Waals surface area contributed by atoms with Crippen molar-refractivity contribution < 1.29 is 19.1 Å². The van der Waals surface area contributed by atoms with Gasteiger partial charge >= 0.3 is 0 Å². The number of carbonyl (C=O) groups is 2. The van der Waals surface area contributed by atoms with Gasteiger partial charge in [-0.05, 0) is 0 Å². The molecule has 0 unspecified atom stereocenters. The van der Waals surface area contributed by atoms with Crippen LogP contribution in [-0.4, -0.2) is 44.8 Å². The third kappa shape index (κ3) is 12.9. The Bertz CT molecular complexity index is 177. The van der Waals surface area contributed by atoms with Crippen molar-refractivity contribution >= 4 is 11.8 Å². The molecule has 2 amide bonds. The third-order valence-corrected chi connectivity index (χ3v) is 1.49. The molecule has 6 nitrogen and oxygen atoms in total. The van der Waals surface area contributed by atoms with Crippen molar-refractivity contribution in [3.63, 3.8) is 0 Å². The highest BCUT2D eigenvalue weighted by Gasteiger charge is 1.94. The lowest BCUT2D eigenvalue weighted by atomic mass is 10.4. The first kappa shape index (κ1) is 13.9. The second-order valence-corrected chi connectivity index (χ2v) is 2.92. The van der Waals surface area contributed by atoms with E-state index >= 15 is 0 Å². The van der Waals surface area contributed by atoms with Crippen molar-refractivity contribution in [2.24, 2.45) is 5.73 Å². The molecule has 3 N–H and O–H groups in total. The van der Waals surface area contributed by atoms with Crippen LogP contribution in [0.5, 0.6) is 0 Å². The van der Waals surface area contributed by atoms with E-state index in [0.717, 1.165) is 0 Å². The van der Waals surface area contributed by atoms with Crippen molar-refractivity contribution in [3.8, 4) is 0 Å². The van der Waals surface area contributed by atoms with Gasteiger partial charge in [0, 0.05) is 19.9 Å². The molecule has 88 valence electrons. The number of carbonyl (C=O) groups excluding carboxylic acids is 2. The molecule has 0 aliphatic carbocycles. The summed E-state index contributed by atoms with van der Waals surface area (Å²) in [6, 6.07) is 0. The molecule has 0 saturated carbocycles. The highest BCUT2D eigenvalue weighted by Crippen LogP contribution is 1.82. The molecular formula is C9H18N2O4. The molecule has 0 fully saturated rings. The van der Waals surface area contributed by atoms with E-state index in [4.69, 9.17) is 15.2 Å². The first-order valence-electron chi connectivity index (χ1n) is 4.81. The molecule has 0 heterocycles. The number of nitrogens with two attached hydrogens (primary N) is 1. The van der Waals surface area contributed by atoms with E-state index in [-0.39, 0.29) is 18.2 Å². The van der Waals surface area contributed by atoms with Crippen LogP contribution in [0, 0.1) is 0 Å². The van der Waals surface area contributed by atoms with Gasteiger partial charge in [0.2, 0.25) is 11.8 Å². The molecule has 15 heavy (non-hydrogen) atoms. The van der Waals surface area contributed by atoms with Crippen LogP contribution in [0.4, 0.5) is 0 Å². The van der Waals surface area contributed by atoms with E-state index in [0.29, 0.717) is 33.0 Å². The maximum atomic E-state index is 10.4. The monoisotopic (exact) mass is 218 g/mol. The van der Waals surface area contributed by atoms with Crippen molar-refractivity contribution in [1.82, 2.24) is 5.32 Å². The molecule has 0 saturated heterocycles. The Labute approximate surface area is 89.1 Å². The van der Waals surface area contributed by atoms with Gasteiger partial charge in [0.05, 0.1) is 26.4 Å². The lowest BCUT2D eigenvalue weighted by molar-refractivity contribution is -0.119. The van der Waals surface area contributed by atoms with E-state index in [9.17, 15) is 9.59 Å². The zero-order valence-electron chi connectivity index (χ0n) is 8.95. The first-order valence-corrected chi connectivity index (χ1v) is 4.81. The Balaban J connectivity index is 2.99. The summed E-state index contributed by atoms with van der Waals surface area (Å²) >= 11 is 0. The smallest absolute Gasteiger partial charge is 0.219 e. The summed E-state index contributed by atoms with van der Waals surface area (Å²) in [5, 5.41) is 2.60. The highest BCUT2D eigenvalue weighted by molar-refractivity contribution is 5.73. The number of primary amides is 1. The van der Waals surface area contributed by atoms with E-state index in [1.165, 1.54) is 6.92 Å². The molecule has 0 bridgehead atoms. The molecule has 0 rings (SSSR count). The maximum absolute atomic E-state index is 10.4. The fourth-order valence-electron chi connectivity index (χ4n) is 0.794. The summed E-state index contributed by atoms with van der Waals surface area (Å²) in [7, 11) is 0. The molecule has 0 aromatic rings. The van der Waals surface area contributed by atoms with Crippen molar-refractivity contribution in [2.45, 2.75) is 13.3 Å². The van der Waals surface area contributed by atoms with Crippen LogP contribution >= 0.6 is 0 Å². The number of ether oxygens (including phenoxy) is 2. The summed E-state index contributed by atoms with van der Waals surface area (Å²) in [6.45, 7) is 3.60. The molecule has 0 radical (unpaired) electrons. The standard InChI is InChI=1S/C9H18N2O4/c1-8(12)11-3-5-15-7-6-14-4-2-9(10)13/h2-7H2,1H3,(H2,10,13)(H,11,12). The molecule has 0 aliphatic heterocycles. The van der Waals surface area contributed by atoms with Crippen LogP contribution in [0.3, 0.4) is 0 Å². The minimum absolute atomic E-state index is 0.0729. The van der Waals surface area contributed by atoms with Gasteiger partial charge in [-0.1, -0.05) is 0 Å². The van der Waals surface area contributed by atoms with Crippen molar-refractivity contribution in [1.29, 1.82) is 0 Å². The molecular weight excluding hydrogens is 200 g/mol. The van der Waals surface area contributed by atoms with E-state index in [2.05, 4.69) is 5.32 Å². The van der Waals surface area contributed by atoms with Crippen LogP contribution in [0.15, 0.2) is 0 Å². The lowest BCUT2D eigenvalue weighted by Gasteiger charge is -2.05. The number of hydrogen-bond acceptors (Lipinski definition) is 4. The molecule has 0 atom stereocenters.